The second-order valence-corrected chi connectivity index (χ2v) is 5.07. The lowest BCUT2D eigenvalue weighted by Gasteiger charge is -2.30. The van der Waals surface area contributed by atoms with Crippen LogP contribution in [0.4, 0.5) is 4.39 Å². The van der Waals surface area contributed by atoms with Crippen molar-refractivity contribution in [1.82, 2.24) is 4.31 Å². The summed E-state index contributed by atoms with van der Waals surface area (Å²) in [5.41, 5.74) is 5.39. The molecule has 0 saturated carbocycles. The molecule has 0 aromatic rings. The maximum Gasteiger partial charge on any atom is 0.211 e. The molecule has 0 aliphatic carbocycles. The van der Waals surface area contributed by atoms with E-state index in [-0.39, 0.29) is 6.54 Å². The van der Waals surface area contributed by atoms with Gasteiger partial charge in [0.05, 0.1) is 6.26 Å². The van der Waals surface area contributed by atoms with Gasteiger partial charge in [-0.15, -0.1) is 0 Å². The number of hydrogen-bond donors (Lipinski definition) is 1. The van der Waals surface area contributed by atoms with Crippen LogP contribution in [0.25, 0.3) is 0 Å². The molecule has 1 saturated heterocycles. The number of halogens is 1. The molecule has 1 aliphatic rings. The summed E-state index contributed by atoms with van der Waals surface area (Å²) in [5.74, 6) is 0. The first-order valence-electron chi connectivity index (χ1n) is 3.76. The number of sulfonamides is 1. The van der Waals surface area contributed by atoms with E-state index in [1.807, 2.05) is 0 Å². The third kappa shape index (κ3) is 2.15. The molecule has 2 atom stereocenters. The standard InChI is InChI=1S/C6H13FN2O2S/c1-12(10,11)9-3-2-6(8)5(7)4-9/h5-6H,2-4,8H2,1H3. The average molecular weight is 196 g/mol. The second-order valence-electron chi connectivity index (χ2n) is 3.09. The molecule has 2 N–H and O–H groups in total. The van der Waals surface area contributed by atoms with Crippen LogP contribution in [-0.2, 0) is 10.0 Å². The molecular weight excluding hydrogens is 183 g/mol. The van der Waals surface area contributed by atoms with Crippen LogP contribution in [0, 0.1) is 0 Å². The third-order valence-corrected chi connectivity index (χ3v) is 3.29. The highest BCUT2D eigenvalue weighted by Gasteiger charge is 2.30. The van der Waals surface area contributed by atoms with Crippen molar-refractivity contribution in [3.05, 3.63) is 0 Å². The van der Waals surface area contributed by atoms with Gasteiger partial charge in [0.25, 0.3) is 0 Å². The van der Waals surface area contributed by atoms with E-state index in [0.29, 0.717) is 13.0 Å². The van der Waals surface area contributed by atoms with Gasteiger partial charge < -0.3 is 5.73 Å². The summed E-state index contributed by atoms with van der Waals surface area (Å²) in [4.78, 5) is 0. The molecule has 1 aliphatic heterocycles. The van der Waals surface area contributed by atoms with Crippen LogP contribution in [0.3, 0.4) is 0 Å². The van der Waals surface area contributed by atoms with Gasteiger partial charge in [-0.1, -0.05) is 0 Å². The van der Waals surface area contributed by atoms with Gasteiger partial charge in [-0.2, -0.15) is 4.31 Å². The molecule has 0 radical (unpaired) electrons. The fraction of sp³-hybridized carbons (Fsp3) is 1.00. The minimum Gasteiger partial charge on any atom is -0.325 e. The van der Waals surface area contributed by atoms with E-state index in [0.717, 1.165) is 10.6 Å². The Kier molecular flexibility index (Phi) is 2.70. The minimum atomic E-state index is -3.24. The van der Waals surface area contributed by atoms with Crippen LogP contribution >= 0.6 is 0 Å². The third-order valence-electron chi connectivity index (χ3n) is 2.02. The van der Waals surface area contributed by atoms with E-state index in [1.54, 1.807) is 0 Å². The van der Waals surface area contributed by atoms with E-state index in [9.17, 15) is 12.8 Å². The average Bonchev–Trinajstić information content (AvgIpc) is 1.92. The molecule has 2 unspecified atom stereocenters. The van der Waals surface area contributed by atoms with Crippen LogP contribution < -0.4 is 5.73 Å². The minimum absolute atomic E-state index is 0.0972. The molecule has 0 aromatic heterocycles. The van der Waals surface area contributed by atoms with E-state index in [1.165, 1.54) is 0 Å². The number of piperidine rings is 1. The van der Waals surface area contributed by atoms with Crippen LogP contribution in [0.5, 0.6) is 0 Å². The molecule has 6 heteroatoms. The van der Waals surface area contributed by atoms with Gasteiger partial charge in [0, 0.05) is 19.1 Å². The van der Waals surface area contributed by atoms with Crippen molar-refractivity contribution >= 4 is 10.0 Å². The molecule has 1 fully saturated rings. The zero-order valence-corrected chi connectivity index (χ0v) is 7.72. The molecule has 1 rings (SSSR count). The Morgan fingerprint density at radius 3 is 2.58 bits per heavy atom. The smallest absolute Gasteiger partial charge is 0.211 e. The second kappa shape index (κ2) is 3.27. The van der Waals surface area contributed by atoms with Gasteiger partial charge in [0.15, 0.2) is 0 Å². The zero-order chi connectivity index (χ0) is 9.35. The Hall–Kier alpha value is -0.200. The summed E-state index contributed by atoms with van der Waals surface area (Å²) < 4.78 is 36.0. The van der Waals surface area contributed by atoms with E-state index < -0.39 is 22.2 Å². The van der Waals surface area contributed by atoms with Crippen molar-refractivity contribution < 1.29 is 12.8 Å². The lowest BCUT2D eigenvalue weighted by molar-refractivity contribution is 0.177. The number of rotatable bonds is 1. The monoisotopic (exact) mass is 196 g/mol. The van der Waals surface area contributed by atoms with Crippen molar-refractivity contribution in [2.75, 3.05) is 19.3 Å². The summed E-state index contributed by atoms with van der Waals surface area (Å²) in [6.45, 7) is 0.237. The summed E-state index contributed by atoms with van der Waals surface area (Å²) in [6.07, 6.45) is 0.249. The summed E-state index contributed by atoms with van der Waals surface area (Å²) in [5, 5.41) is 0. The first kappa shape index (κ1) is 9.88. The van der Waals surface area contributed by atoms with Gasteiger partial charge >= 0.3 is 0 Å². The zero-order valence-electron chi connectivity index (χ0n) is 6.90. The Morgan fingerprint density at radius 1 is 1.58 bits per heavy atom. The summed E-state index contributed by atoms with van der Waals surface area (Å²) in [6, 6.07) is -0.511. The molecule has 72 valence electrons. The highest BCUT2D eigenvalue weighted by atomic mass is 32.2. The molecule has 1 heterocycles. The van der Waals surface area contributed by atoms with Crippen LogP contribution in [0.2, 0.25) is 0 Å². The number of alkyl halides is 1. The van der Waals surface area contributed by atoms with Gasteiger partial charge in [0.2, 0.25) is 10.0 Å². The first-order valence-corrected chi connectivity index (χ1v) is 5.61. The van der Waals surface area contributed by atoms with Crippen molar-refractivity contribution in [2.45, 2.75) is 18.6 Å². The molecule has 0 bridgehead atoms. The van der Waals surface area contributed by atoms with Gasteiger partial charge in [-0.25, -0.2) is 12.8 Å². The summed E-state index contributed by atoms with van der Waals surface area (Å²) in [7, 11) is -3.24. The van der Waals surface area contributed by atoms with Crippen molar-refractivity contribution in [1.29, 1.82) is 0 Å². The Balaban J connectivity index is 2.64. The predicted molar refractivity (Wildman–Crippen MR) is 43.9 cm³/mol. The topological polar surface area (TPSA) is 63.4 Å². The number of nitrogens with two attached hydrogens (primary N) is 1. The van der Waals surface area contributed by atoms with Gasteiger partial charge in [-0.05, 0) is 6.42 Å². The Labute approximate surface area is 71.6 Å². The number of nitrogens with zero attached hydrogens (tertiary/aromatic N) is 1. The highest BCUT2D eigenvalue weighted by Crippen LogP contribution is 2.14. The summed E-state index contributed by atoms with van der Waals surface area (Å²) >= 11 is 0. The van der Waals surface area contributed by atoms with Crippen molar-refractivity contribution in [3.63, 3.8) is 0 Å². The van der Waals surface area contributed by atoms with E-state index in [2.05, 4.69) is 0 Å². The molecule has 0 amide bonds. The molecular formula is C6H13FN2O2S. The maximum atomic E-state index is 12.9. The molecule has 0 spiro atoms. The molecule has 12 heavy (non-hydrogen) atoms. The predicted octanol–water partition coefficient (Wildman–Crippen LogP) is -0.683. The molecule has 4 nitrogen and oxygen atoms in total. The van der Waals surface area contributed by atoms with Crippen LogP contribution in [0.1, 0.15) is 6.42 Å². The van der Waals surface area contributed by atoms with Gasteiger partial charge in [-0.3, -0.25) is 0 Å². The largest absolute Gasteiger partial charge is 0.325 e. The Bertz CT molecular complexity index is 254. The molecule has 0 aromatic carbocycles. The fourth-order valence-corrected chi connectivity index (χ4v) is 2.05. The normalized spacial score (nSPS) is 33.6. The lowest BCUT2D eigenvalue weighted by Crippen LogP contribution is -2.50. The van der Waals surface area contributed by atoms with Crippen molar-refractivity contribution in [3.8, 4) is 0 Å². The SMILES string of the molecule is CS(=O)(=O)N1CCC(N)C(F)C1. The quantitative estimate of drug-likeness (QED) is 0.604. The lowest BCUT2D eigenvalue weighted by atomic mass is 10.1. The first-order chi connectivity index (χ1) is 5.41. The van der Waals surface area contributed by atoms with E-state index >= 15 is 0 Å². The number of hydrogen-bond acceptors (Lipinski definition) is 3. The van der Waals surface area contributed by atoms with Crippen molar-refractivity contribution in [2.24, 2.45) is 5.73 Å². The van der Waals surface area contributed by atoms with E-state index in [4.69, 9.17) is 5.73 Å². The van der Waals surface area contributed by atoms with Crippen LogP contribution in [-0.4, -0.2) is 44.3 Å². The highest BCUT2D eigenvalue weighted by molar-refractivity contribution is 7.88. The maximum absolute atomic E-state index is 12.9. The Morgan fingerprint density at radius 2 is 2.17 bits per heavy atom. The van der Waals surface area contributed by atoms with Crippen LogP contribution in [0.15, 0.2) is 0 Å². The fourth-order valence-electron chi connectivity index (χ4n) is 1.20. The van der Waals surface area contributed by atoms with Gasteiger partial charge in [0.1, 0.15) is 6.17 Å².